The van der Waals surface area contributed by atoms with E-state index in [2.05, 4.69) is 15.2 Å². The molecule has 4 nitrogen and oxygen atoms in total. The van der Waals surface area contributed by atoms with E-state index in [-0.39, 0.29) is 5.95 Å². The predicted octanol–water partition coefficient (Wildman–Crippen LogP) is 2.66. The molecular formula is C11H18N4. The molecule has 4 heteroatoms. The third-order valence-corrected chi connectivity index (χ3v) is 1.38. The summed E-state index contributed by atoms with van der Waals surface area (Å²) in [7, 11) is 0. The molecular weight excluding hydrogens is 188 g/mol. The number of para-hydroxylation sites is 1. The Morgan fingerprint density at radius 3 is 2.00 bits per heavy atom. The number of anilines is 1. The Morgan fingerprint density at radius 2 is 1.40 bits per heavy atom. The van der Waals surface area contributed by atoms with Crippen LogP contribution in [0.3, 0.4) is 0 Å². The molecule has 0 radical (unpaired) electrons. The Labute approximate surface area is 90.6 Å². The van der Waals surface area contributed by atoms with Crippen LogP contribution in [0.25, 0.3) is 11.0 Å². The number of nitrogens with two attached hydrogens (primary N) is 1. The van der Waals surface area contributed by atoms with Gasteiger partial charge in [0.2, 0.25) is 5.95 Å². The van der Waals surface area contributed by atoms with Gasteiger partial charge in [-0.15, -0.1) is 10.2 Å². The fraction of sp³-hybridized carbons (Fsp3) is 0.364. The molecule has 0 fully saturated rings. The fourth-order valence-corrected chi connectivity index (χ4v) is 0.894. The minimum absolute atomic E-state index is 0.212. The van der Waals surface area contributed by atoms with Crippen molar-refractivity contribution in [2.75, 3.05) is 5.73 Å². The largest absolute Gasteiger partial charge is 0.366 e. The lowest BCUT2D eigenvalue weighted by molar-refractivity contribution is 1.04. The highest BCUT2D eigenvalue weighted by Crippen LogP contribution is 2.06. The molecule has 0 aliphatic rings. The highest BCUT2D eigenvalue weighted by atomic mass is 15.2. The first kappa shape index (κ1) is 13.3. The summed E-state index contributed by atoms with van der Waals surface area (Å²) in [4.78, 5) is 3.98. The van der Waals surface area contributed by atoms with Gasteiger partial charge in [0.15, 0.2) is 0 Å². The van der Waals surface area contributed by atoms with E-state index in [4.69, 9.17) is 5.73 Å². The number of nitrogen functional groups attached to an aromatic ring is 1. The van der Waals surface area contributed by atoms with Crippen molar-refractivity contribution in [2.24, 2.45) is 0 Å². The number of nitrogens with zero attached hydrogens (tertiary/aromatic N) is 3. The van der Waals surface area contributed by atoms with Crippen LogP contribution in [-0.2, 0) is 0 Å². The van der Waals surface area contributed by atoms with E-state index in [0.717, 1.165) is 11.0 Å². The average molecular weight is 206 g/mol. The smallest absolute Gasteiger partial charge is 0.240 e. The van der Waals surface area contributed by atoms with Crippen molar-refractivity contribution in [1.82, 2.24) is 15.2 Å². The maximum atomic E-state index is 5.34. The molecule has 0 amide bonds. The Balaban J connectivity index is 0.000000442. The Kier molecular flexibility index (Phi) is 6.80. The average Bonchev–Trinajstić information content (AvgIpc) is 2.34. The van der Waals surface area contributed by atoms with Gasteiger partial charge in [-0.1, -0.05) is 39.8 Å². The van der Waals surface area contributed by atoms with Gasteiger partial charge in [0.05, 0.1) is 5.52 Å². The lowest BCUT2D eigenvalue weighted by Gasteiger charge is -1.93. The molecule has 0 aliphatic heterocycles. The standard InChI is InChI=1S/C7H6N4.2C2H6/c8-7-9-5-3-1-2-4-6(5)10-11-7;2*1-2/h1-4H,(H2,8,9,11);2*1-2H3. The molecule has 0 unspecified atom stereocenters. The predicted molar refractivity (Wildman–Crippen MR) is 64.4 cm³/mol. The van der Waals surface area contributed by atoms with Crippen molar-refractivity contribution >= 4 is 17.0 Å². The van der Waals surface area contributed by atoms with Crippen molar-refractivity contribution < 1.29 is 0 Å². The Bertz CT molecular complexity index is 387. The van der Waals surface area contributed by atoms with Crippen molar-refractivity contribution in [3.63, 3.8) is 0 Å². The maximum absolute atomic E-state index is 5.34. The van der Waals surface area contributed by atoms with Gasteiger partial charge in [-0.05, 0) is 12.1 Å². The number of aromatic nitrogens is 3. The molecule has 0 bridgehead atoms. The lowest BCUT2D eigenvalue weighted by Crippen LogP contribution is -1.96. The fourth-order valence-electron chi connectivity index (χ4n) is 0.894. The minimum Gasteiger partial charge on any atom is -0.366 e. The summed E-state index contributed by atoms with van der Waals surface area (Å²) in [5, 5.41) is 7.47. The Hall–Kier alpha value is -1.71. The zero-order valence-corrected chi connectivity index (χ0v) is 9.73. The van der Waals surface area contributed by atoms with Crippen LogP contribution in [0.4, 0.5) is 5.95 Å². The van der Waals surface area contributed by atoms with Crippen molar-refractivity contribution in [2.45, 2.75) is 27.7 Å². The van der Waals surface area contributed by atoms with Crippen molar-refractivity contribution in [3.8, 4) is 0 Å². The third kappa shape index (κ3) is 3.89. The summed E-state index contributed by atoms with van der Waals surface area (Å²) in [6.07, 6.45) is 0. The number of benzene rings is 1. The highest BCUT2D eigenvalue weighted by molar-refractivity contribution is 5.73. The van der Waals surface area contributed by atoms with Crippen molar-refractivity contribution in [1.29, 1.82) is 0 Å². The van der Waals surface area contributed by atoms with Crippen LogP contribution in [0, 0.1) is 0 Å². The molecule has 1 aromatic heterocycles. The van der Waals surface area contributed by atoms with Gasteiger partial charge >= 0.3 is 0 Å². The number of hydrogen-bond acceptors (Lipinski definition) is 4. The molecule has 82 valence electrons. The topological polar surface area (TPSA) is 64.7 Å². The van der Waals surface area contributed by atoms with E-state index in [1.807, 2.05) is 52.0 Å². The number of hydrogen-bond donors (Lipinski definition) is 1. The molecule has 2 aromatic rings. The second-order valence-corrected chi connectivity index (χ2v) is 2.16. The van der Waals surface area contributed by atoms with Crippen LogP contribution in [0.5, 0.6) is 0 Å². The van der Waals surface area contributed by atoms with Crippen LogP contribution in [-0.4, -0.2) is 15.2 Å². The third-order valence-electron chi connectivity index (χ3n) is 1.38. The van der Waals surface area contributed by atoms with Crippen LogP contribution in [0.15, 0.2) is 24.3 Å². The van der Waals surface area contributed by atoms with Gasteiger partial charge in [-0.25, -0.2) is 4.98 Å². The molecule has 2 rings (SSSR count). The first-order valence-electron chi connectivity index (χ1n) is 5.21. The zero-order valence-electron chi connectivity index (χ0n) is 9.73. The monoisotopic (exact) mass is 206 g/mol. The summed E-state index contributed by atoms with van der Waals surface area (Å²) in [5.74, 6) is 0.212. The molecule has 0 saturated heterocycles. The van der Waals surface area contributed by atoms with Gasteiger partial charge < -0.3 is 5.73 Å². The number of fused-ring (bicyclic) bond motifs is 1. The summed E-state index contributed by atoms with van der Waals surface area (Å²) < 4.78 is 0. The maximum Gasteiger partial charge on any atom is 0.240 e. The summed E-state index contributed by atoms with van der Waals surface area (Å²) in [6, 6.07) is 7.46. The molecule has 1 aromatic carbocycles. The van der Waals surface area contributed by atoms with E-state index in [1.165, 1.54) is 0 Å². The van der Waals surface area contributed by atoms with E-state index >= 15 is 0 Å². The van der Waals surface area contributed by atoms with Crippen LogP contribution in [0.2, 0.25) is 0 Å². The molecule has 0 saturated carbocycles. The van der Waals surface area contributed by atoms with Gasteiger partial charge in [0, 0.05) is 0 Å². The summed E-state index contributed by atoms with van der Waals surface area (Å²) in [6.45, 7) is 8.00. The second kappa shape index (κ2) is 7.67. The zero-order chi connectivity index (χ0) is 11.7. The molecule has 1 heterocycles. The Morgan fingerprint density at radius 1 is 0.867 bits per heavy atom. The quantitative estimate of drug-likeness (QED) is 0.719. The van der Waals surface area contributed by atoms with Crippen LogP contribution >= 0.6 is 0 Å². The normalized spacial score (nSPS) is 8.27. The highest BCUT2D eigenvalue weighted by Gasteiger charge is 1.94. The lowest BCUT2D eigenvalue weighted by atomic mass is 10.3. The molecule has 0 atom stereocenters. The van der Waals surface area contributed by atoms with E-state index in [9.17, 15) is 0 Å². The van der Waals surface area contributed by atoms with Crippen LogP contribution in [0.1, 0.15) is 27.7 Å². The first-order chi connectivity index (χ1) is 7.36. The summed E-state index contributed by atoms with van der Waals surface area (Å²) >= 11 is 0. The van der Waals surface area contributed by atoms with Gasteiger partial charge in [-0.3, -0.25) is 0 Å². The van der Waals surface area contributed by atoms with E-state index in [0.29, 0.717) is 0 Å². The van der Waals surface area contributed by atoms with E-state index < -0.39 is 0 Å². The van der Waals surface area contributed by atoms with Crippen LogP contribution < -0.4 is 5.73 Å². The molecule has 15 heavy (non-hydrogen) atoms. The van der Waals surface area contributed by atoms with Gasteiger partial charge in [0.25, 0.3) is 0 Å². The second-order valence-electron chi connectivity index (χ2n) is 2.16. The summed E-state index contributed by atoms with van der Waals surface area (Å²) in [5.41, 5.74) is 6.88. The van der Waals surface area contributed by atoms with E-state index in [1.54, 1.807) is 0 Å². The molecule has 2 N–H and O–H groups in total. The number of rotatable bonds is 0. The van der Waals surface area contributed by atoms with Gasteiger partial charge in [-0.2, -0.15) is 0 Å². The van der Waals surface area contributed by atoms with Crippen molar-refractivity contribution in [3.05, 3.63) is 24.3 Å². The molecule has 0 aliphatic carbocycles. The molecule has 0 spiro atoms. The minimum atomic E-state index is 0.212. The first-order valence-corrected chi connectivity index (χ1v) is 5.21. The SMILES string of the molecule is CC.CC.Nc1nnc2ccccc2n1. The van der Waals surface area contributed by atoms with Gasteiger partial charge in [0.1, 0.15) is 5.52 Å².